The second-order valence-electron chi connectivity index (χ2n) is 3.96. The van der Waals surface area contributed by atoms with E-state index in [2.05, 4.69) is 5.32 Å². The number of benzene rings is 1. The molecular formula is C13H16N2O3. The molecule has 0 radical (unpaired) electrons. The maximum absolute atomic E-state index is 11.8. The monoisotopic (exact) mass is 248 g/mol. The molecule has 5 heteroatoms. The number of hydrogen-bond acceptors (Lipinski definition) is 3. The largest absolute Gasteiger partial charge is 0.322 e. The van der Waals surface area contributed by atoms with E-state index in [4.69, 9.17) is 0 Å². The second kappa shape index (κ2) is 5.95. The zero-order valence-electron chi connectivity index (χ0n) is 10.7. The van der Waals surface area contributed by atoms with Gasteiger partial charge in [0.15, 0.2) is 0 Å². The molecule has 18 heavy (non-hydrogen) atoms. The molecule has 0 spiro atoms. The molecule has 0 aliphatic carbocycles. The minimum Gasteiger partial charge on any atom is -0.322 e. The molecule has 0 bridgehead atoms. The molecule has 0 fully saturated rings. The average molecular weight is 248 g/mol. The molecule has 1 aromatic carbocycles. The summed E-state index contributed by atoms with van der Waals surface area (Å²) in [7, 11) is 0. The smallest absolute Gasteiger partial charge is 0.274 e. The summed E-state index contributed by atoms with van der Waals surface area (Å²) in [6, 6.07) is 4.62. The van der Waals surface area contributed by atoms with Crippen LogP contribution >= 0.6 is 0 Å². The number of amides is 1. The number of allylic oxidation sites excluding steroid dienone is 1. The number of nitrogens with zero attached hydrogens (tertiary/aromatic N) is 1. The van der Waals surface area contributed by atoms with Crippen molar-refractivity contribution in [3.8, 4) is 0 Å². The molecule has 0 aromatic heterocycles. The van der Waals surface area contributed by atoms with Gasteiger partial charge in [0, 0.05) is 11.6 Å². The van der Waals surface area contributed by atoms with E-state index in [9.17, 15) is 14.9 Å². The van der Waals surface area contributed by atoms with Gasteiger partial charge in [0.25, 0.3) is 11.6 Å². The SMILES string of the molecule is CC/C=C(/C)C(=O)Nc1cccc([N+](=O)[O-])c1C. The highest BCUT2D eigenvalue weighted by atomic mass is 16.6. The van der Waals surface area contributed by atoms with Crippen molar-refractivity contribution in [2.45, 2.75) is 27.2 Å². The lowest BCUT2D eigenvalue weighted by molar-refractivity contribution is -0.385. The van der Waals surface area contributed by atoms with Gasteiger partial charge in [0.1, 0.15) is 0 Å². The van der Waals surface area contributed by atoms with Crippen molar-refractivity contribution < 1.29 is 9.72 Å². The Hall–Kier alpha value is -2.17. The van der Waals surface area contributed by atoms with Crippen LogP contribution in [0.15, 0.2) is 29.8 Å². The van der Waals surface area contributed by atoms with E-state index in [1.54, 1.807) is 26.0 Å². The van der Waals surface area contributed by atoms with Gasteiger partial charge in [-0.25, -0.2) is 0 Å². The Kier molecular flexibility index (Phi) is 4.59. The van der Waals surface area contributed by atoms with E-state index in [1.165, 1.54) is 6.07 Å². The standard InChI is InChI=1S/C13H16N2O3/c1-4-6-9(2)13(16)14-11-7-5-8-12(10(11)3)15(17)18/h5-8H,4H2,1-3H3,(H,14,16)/b9-6-. The van der Waals surface area contributed by atoms with E-state index >= 15 is 0 Å². The fourth-order valence-electron chi connectivity index (χ4n) is 1.58. The Morgan fingerprint density at radius 3 is 2.72 bits per heavy atom. The van der Waals surface area contributed by atoms with E-state index in [1.807, 2.05) is 13.0 Å². The number of nitro benzene ring substituents is 1. The minimum atomic E-state index is -0.459. The van der Waals surface area contributed by atoms with E-state index in [0.29, 0.717) is 16.8 Å². The zero-order chi connectivity index (χ0) is 13.7. The maximum atomic E-state index is 11.8. The van der Waals surface area contributed by atoms with Gasteiger partial charge in [-0.05, 0) is 26.3 Å². The van der Waals surface area contributed by atoms with Crippen molar-refractivity contribution in [3.05, 3.63) is 45.5 Å². The highest BCUT2D eigenvalue weighted by molar-refractivity contribution is 6.03. The first-order chi connectivity index (χ1) is 8.47. The molecule has 1 rings (SSSR count). The van der Waals surface area contributed by atoms with Gasteiger partial charge in [0.2, 0.25) is 0 Å². The number of nitro groups is 1. The number of carbonyl (C=O) groups is 1. The van der Waals surface area contributed by atoms with Crippen LogP contribution in [-0.2, 0) is 4.79 Å². The molecule has 1 N–H and O–H groups in total. The van der Waals surface area contributed by atoms with Crippen LogP contribution in [-0.4, -0.2) is 10.8 Å². The number of carbonyl (C=O) groups excluding carboxylic acids is 1. The van der Waals surface area contributed by atoms with Gasteiger partial charge in [-0.15, -0.1) is 0 Å². The van der Waals surface area contributed by atoms with Gasteiger partial charge in [-0.1, -0.05) is 19.1 Å². The normalized spacial score (nSPS) is 11.2. The summed E-state index contributed by atoms with van der Waals surface area (Å²) < 4.78 is 0. The van der Waals surface area contributed by atoms with Gasteiger partial charge >= 0.3 is 0 Å². The first-order valence-electron chi connectivity index (χ1n) is 5.69. The molecule has 1 amide bonds. The number of nitrogens with one attached hydrogen (secondary N) is 1. The molecule has 96 valence electrons. The Morgan fingerprint density at radius 2 is 2.17 bits per heavy atom. The quantitative estimate of drug-likeness (QED) is 0.505. The van der Waals surface area contributed by atoms with Crippen molar-refractivity contribution >= 4 is 17.3 Å². The summed E-state index contributed by atoms with van der Waals surface area (Å²) in [5.41, 5.74) is 1.53. The van der Waals surface area contributed by atoms with Gasteiger partial charge in [0.05, 0.1) is 16.2 Å². The molecule has 0 aliphatic heterocycles. The van der Waals surface area contributed by atoms with Gasteiger partial charge < -0.3 is 5.32 Å². The predicted octanol–water partition coefficient (Wildman–Crippen LogP) is 3.20. The van der Waals surface area contributed by atoms with Crippen LogP contribution < -0.4 is 5.32 Å². The topological polar surface area (TPSA) is 72.2 Å². The Balaban J connectivity index is 2.99. The highest BCUT2D eigenvalue weighted by Gasteiger charge is 2.14. The predicted molar refractivity (Wildman–Crippen MR) is 70.5 cm³/mol. The second-order valence-corrected chi connectivity index (χ2v) is 3.96. The maximum Gasteiger partial charge on any atom is 0.274 e. The fraction of sp³-hybridized carbons (Fsp3) is 0.308. The molecule has 1 aromatic rings. The van der Waals surface area contributed by atoms with Crippen molar-refractivity contribution in [1.29, 1.82) is 0 Å². The third-order valence-electron chi connectivity index (χ3n) is 2.62. The molecular weight excluding hydrogens is 232 g/mol. The van der Waals surface area contributed by atoms with Crippen LogP contribution in [0.25, 0.3) is 0 Å². The van der Waals surface area contributed by atoms with Crippen molar-refractivity contribution in [2.24, 2.45) is 0 Å². The molecule has 0 saturated carbocycles. The number of hydrogen-bond donors (Lipinski definition) is 1. The number of anilines is 1. The Labute approximate surface area is 106 Å². The zero-order valence-corrected chi connectivity index (χ0v) is 10.7. The molecule has 0 heterocycles. The van der Waals surface area contributed by atoms with Crippen LogP contribution in [0.3, 0.4) is 0 Å². The first-order valence-corrected chi connectivity index (χ1v) is 5.69. The van der Waals surface area contributed by atoms with E-state index < -0.39 is 4.92 Å². The molecule has 0 atom stereocenters. The molecule has 0 saturated heterocycles. The summed E-state index contributed by atoms with van der Waals surface area (Å²) in [5, 5.41) is 13.5. The van der Waals surface area contributed by atoms with Crippen LogP contribution in [0, 0.1) is 17.0 Å². The van der Waals surface area contributed by atoms with Crippen LogP contribution in [0.1, 0.15) is 25.8 Å². The molecule has 0 unspecified atom stereocenters. The summed E-state index contributed by atoms with van der Waals surface area (Å²) >= 11 is 0. The van der Waals surface area contributed by atoms with Crippen LogP contribution in [0.5, 0.6) is 0 Å². The fourth-order valence-corrected chi connectivity index (χ4v) is 1.58. The number of rotatable bonds is 4. The van der Waals surface area contributed by atoms with Crippen molar-refractivity contribution in [1.82, 2.24) is 0 Å². The summed E-state index contributed by atoms with van der Waals surface area (Å²) in [5.74, 6) is -0.236. The Morgan fingerprint density at radius 1 is 1.50 bits per heavy atom. The van der Waals surface area contributed by atoms with Crippen molar-refractivity contribution in [3.63, 3.8) is 0 Å². The summed E-state index contributed by atoms with van der Waals surface area (Å²) in [6.07, 6.45) is 2.58. The lowest BCUT2D eigenvalue weighted by Crippen LogP contribution is -2.13. The van der Waals surface area contributed by atoms with Crippen LogP contribution in [0.4, 0.5) is 11.4 Å². The Bertz CT molecular complexity index is 507. The third kappa shape index (κ3) is 3.16. The average Bonchev–Trinajstić information content (AvgIpc) is 2.31. The lowest BCUT2D eigenvalue weighted by atomic mass is 10.1. The van der Waals surface area contributed by atoms with Gasteiger partial charge in [-0.2, -0.15) is 0 Å². The van der Waals surface area contributed by atoms with E-state index in [0.717, 1.165) is 6.42 Å². The molecule has 0 aliphatic rings. The van der Waals surface area contributed by atoms with E-state index in [-0.39, 0.29) is 11.6 Å². The summed E-state index contributed by atoms with van der Waals surface area (Å²) in [6.45, 7) is 5.27. The minimum absolute atomic E-state index is 0.00456. The lowest BCUT2D eigenvalue weighted by Gasteiger charge is -2.08. The molecule has 5 nitrogen and oxygen atoms in total. The third-order valence-corrected chi connectivity index (χ3v) is 2.62. The van der Waals surface area contributed by atoms with Crippen molar-refractivity contribution in [2.75, 3.05) is 5.32 Å². The van der Waals surface area contributed by atoms with Crippen LogP contribution in [0.2, 0.25) is 0 Å². The summed E-state index contributed by atoms with van der Waals surface area (Å²) in [4.78, 5) is 22.1. The van der Waals surface area contributed by atoms with Gasteiger partial charge in [-0.3, -0.25) is 14.9 Å². The first kappa shape index (κ1) is 13.9. The highest BCUT2D eigenvalue weighted by Crippen LogP contribution is 2.25.